The Bertz CT molecular complexity index is 493. The molecule has 0 aliphatic rings. The van der Waals surface area contributed by atoms with Crippen molar-refractivity contribution in [3.05, 3.63) is 41.7 Å². The lowest BCUT2D eigenvalue weighted by molar-refractivity contribution is 0.556. The van der Waals surface area contributed by atoms with E-state index in [0.717, 1.165) is 11.1 Å². The number of para-hydroxylation sites is 1. The second kappa shape index (κ2) is 5.23. The van der Waals surface area contributed by atoms with E-state index in [1.165, 1.54) is 24.4 Å². The third-order valence-electron chi connectivity index (χ3n) is 2.27. The molecule has 0 saturated heterocycles. The van der Waals surface area contributed by atoms with Gasteiger partial charge in [-0.3, -0.25) is 0 Å². The minimum atomic E-state index is -0.668. The summed E-state index contributed by atoms with van der Waals surface area (Å²) in [5, 5.41) is 7.54. The van der Waals surface area contributed by atoms with Crippen LogP contribution in [-0.2, 0) is 6.42 Å². The maximum Gasteiger partial charge on any atom is 0.151 e. The van der Waals surface area contributed by atoms with Gasteiger partial charge in [0.25, 0.3) is 0 Å². The number of hydrogen-bond donors (Lipinski definition) is 0. The van der Waals surface area contributed by atoms with Crippen LogP contribution in [0.5, 0.6) is 0 Å². The number of rotatable bonds is 4. The summed E-state index contributed by atoms with van der Waals surface area (Å²) in [7, 11) is 0. The molecule has 0 amide bonds. The lowest BCUT2D eigenvalue weighted by Gasteiger charge is -2.02. The summed E-state index contributed by atoms with van der Waals surface area (Å²) < 4.78 is 28.0. The maximum absolute atomic E-state index is 13.4. The number of nitrogens with zero attached hydrogens (tertiary/aromatic N) is 3. The molecule has 1 aromatic carbocycles. The molecule has 0 unspecified atom stereocenters. The molecule has 0 N–H and O–H groups in total. The molecule has 1 heterocycles. The summed E-state index contributed by atoms with van der Waals surface area (Å²) in [6.07, 6.45) is 2.90. The van der Waals surface area contributed by atoms with Crippen LogP contribution in [-0.4, -0.2) is 20.9 Å². The zero-order valence-corrected chi connectivity index (χ0v) is 9.66. The Hall–Kier alpha value is -1.49. The van der Waals surface area contributed by atoms with Crippen molar-refractivity contribution in [3.8, 4) is 5.69 Å². The Labute approximate surface area is 102 Å². The molecule has 0 fully saturated rings. The second-order valence-corrected chi connectivity index (χ2v) is 3.90. The predicted molar refractivity (Wildman–Crippen MR) is 60.3 cm³/mol. The Morgan fingerprint density at radius 3 is 2.59 bits per heavy atom. The normalized spacial score (nSPS) is 10.8. The third kappa shape index (κ3) is 2.61. The number of alkyl halides is 1. The molecule has 2 aromatic rings. The zero-order chi connectivity index (χ0) is 12.3. The van der Waals surface area contributed by atoms with E-state index >= 15 is 0 Å². The summed E-state index contributed by atoms with van der Waals surface area (Å²) >= 11 is 5.55. The van der Waals surface area contributed by atoms with E-state index in [4.69, 9.17) is 11.6 Å². The number of aryl methyl sites for hydroxylation is 1. The maximum atomic E-state index is 13.4. The van der Waals surface area contributed by atoms with E-state index in [0.29, 0.717) is 18.0 Å². The average molecular weight is 258 g/mol. The molecular formula is C11H10ClF2N3. The van der Waals surface area contributed by atoms with Gasteiger partial charge in [0.05, 0.1) is 11.9 Å². The molecule has 0 bridgehead atoms. The lowest BCUT2D eigenvalue weighted by atomic mass is 10.2. The van der Waals surface area contributed by atoms with Gasteiger partial charge in [-0.1, -0.05) is 11.3 Å². The van der Waals surface area contributed by atoms with Gasteiger partial charge in [-0.15, -0.1) is 16.7 Å². The van der Waals surface area contributed by atoms with Crippen LogP contribution >= 0.6 is 11.6 Å². The van der Waals surface area contributed by atoms with Crippen molar-refractivity contribution in [1.29, 1.82) is 0 Å². The minimum absolute atomic E-state index is 0.211. The number of halogens is 3. The minimum Gasteiger partial charge on any atom is -0.214 e. The van der Waals surface area contributed by atoms with Gasteiger partial charge < -0.3 is 0 Å². The van der Waals surface area contributed by atoms with Gasteiger partial charge in [0.1, 0.15) is 5.69 Å². The van der Waals surface area contributed by atoms with Crippen LogP contribution < -0.4 is 0 Å². The zero-order valence-electron chi connectivity index (χ0n) is 8.91. The number of benzene rings is 1. The predicted octanol–water partition coefficient (Wildman–Crippen LogP) is 2.72. The Morgan fingerprint density at radius 1 is 1.24 bits per heavy atom. The molecule has 3 nitrogen and oxygen atoms in total. The molecule has 17 heavy (non-hydrogen) atoms. The fourth-order valence-electron chi connectivity index (χ4n) is 1.48. The highest BCUT2D eigenvalue weighted by Gasteiger charge is 2.12. The Kier molecular flexibility index (Phi) is 3.68. The Balaban J connectivity index is 2.30. The van der Waals surface area contributed by atoms with Crippen molar-refractivity contribution in [2.45, 2.75) is 12.8 Å². The smallest absolute Gasteiger partial charge is 0.151 e. The van der Waals surface area contributed by atoms with Crippen molar-refractivity contribution >= 4 is 11.6 Å². The molecule has 0 aliphatic heterocycles. The molecular weight excluding hydrogens is 248 g/mol. The van der Waals surface area contributed by atoms with Gasteiger partial charge in [0.2, 0.25) is 0 Å². The average Bonchev–Trinajstić information content (AvgIpc) is 2.75. The van der Waals surface area contributed by atoms with Crippen molar-refractivity contribution in [3.63, 3.8) is 0 Å². The highest BCUT2D eigenvalue weighted by molar-refractivity contribution is 6.17. The fraction of sp³-hybridized carbons (Fsp3) is 0.273. The van der Waals surface area contributed by atoms with Gasteiger partial charge in [0.15, 0.2) is 11.6 Å². The molecule has 0 radical (unpaired) electrons. The van der Waals surface area contributed by atoms with Gasteiger partial charge in [-0.2, -0.15) is 0 Å². The van der Waals surface area contributed by atoms with Gasteiger partial charge in [-0.25, -0.2) is 13.5 Å². The molecule has 0 spiro atoms. The Morgan fingerprint density at radius 2 is 1.94 bits per heavy atom. The number of aromatic nitrogens is 3. The highest BCUT2D eigenvalue weighted by atomic mass is 35.5. The molecule has 1 aromatic heterocycles. The summed E-state index contributed by atoms with van der Waals surface area (Å²) in [5.41, 5.74) is 0.449. The SMILES string of the molecule is Fc1cccc(F)c1-n1cc(CCCCl)nn1. The first-order valence-corrected chi connectivity index (χ1v) is 5.67. The molecule has 90 valence electrons. The van der Waals surface area contributed by atoms with Crippen molar-refractivity contribution in [2.75, 3.05) is 5.88 Å². The van der Waals surface area contributed by atoms with E-state index in [1.807, 2.05) is 0 Å². The summed E-state index contributed by atoms with van der Waals surface area (Å²) in [6.45, 7) is 0. The quantitative estimate of drug-likeness (QED) is 0.789. The largest absolute Gasteiger partial charge is 0.214 e. The van der Waals surface area contributed by atoms with E-state index in [9.17, 15) is 8.78 Å². The van der Waals surface area contributed by atoms with E-state index in [2.05, 4.69) is 10.3 Å². The van der Waals surface area contributed by atoms with Crippen molar-refractivity contribution < 1.29 is 8.78 Å². The van der Waals surface area contributed by atoms with Gasteiger partial charge in [-0.05, 0) is 25.0 Å². The molecule has 0 aliphatic carbocycles. The van der Waals surface area contributed by atoms with E-state index in [1.54, 1.807) is 0 Å². The summed E-state index contributed by atoms with van der Waals surface area (Å²) in [5.74, 6) is -0.821. The first-order valence-electron chi connectivity index (χ1n) is 5.14. The monoisotopic (exact) mass is 257 g/mol. The van der Waals surface area contributed by atoms with E-state index in [-0.39, 0.29) is 5.69 Å². The fourth-order valence-corrected chi connectivity index (χ4v) is 1.61. The molecule has 2 rings (SSSR count). The molecule has 0 atom stereocenters. The lowest BCUT2D eigenvalue weighted by Crippen LogP contribution is -2.01. The highest BCUT2D eigenvalue weighted by Crippen LogP contribution is 2.16. The van der Waals surface area contributed by atoms with Crippen LogP contribution in [0, 0.1) is 11.6 Å². The van der Waals surface area contributed by atoms with Crippen molar-refractivity contribution in [1.82, 2.24) is 15.0 Å². The topological polar surface area (TPSA) is 30.7 Å². The van der Waals surface area contributed by atoms with Crippen LogP contribution in [0.1, 0.15) is 12.1 Å². The standard InChI is InChI=1S/C11H10ClF2N3/c12-6-2-3-8-7-17(16-15-8)11-9(13)4-1-5-10(11)14/h1,4-5,7H,2-3,6H2. The van der Waals surface area contributed by atoms with Crippen LogP contribution in [0.15, 0.2) is 24.4 Å². The van der Waals surface area contributed by atoms with E-state index < -0.39 is 11.6 Å². The molecule has 0 saturated carbocycles. The summed E-state index contributed by atoms with van der Waals surface area (Å²) in [4.78, 5) is 0. The first-order chi connectivity index (χ1) is 8.22. The van der Waals surface area contributed by atoms with Crippen LogP contribution in [0.3, 0.4) is 0 Å². The third-order valence-corrected chi connectivity index (χ3v) is 2.54. The van der Waals surface area contributed by atoms with Gasteiger partial charge >= 0.3 is 0 Å². The first kappa shape index (κ1) is 12.0. The van der Waals surface area contributed by atoms with Crippen LogP contribution in [0.2, 0.25) is 0 Å². The van der Waals surface area contributed by atoms with Gasteiger partial charge in [0, 0.05) is 5.88 Å². The van der Waals surface area contributed by atoms with Crippen LogP contribution in [0.4, 0.5) is 8.78 Å². The van der Waals surface area contributed by atoms with Crippen molar-refractivity contribution in [2.24, 2.45) is 0 Å². The summed E-state index contributed by atoms with van der Waals surface area (Å²) in [6, 6.07) is 3.66. The number of hydrogen-bond acceptors (Lipinski definition) is 2. The second-order valence-electron chi connectivity index (χ2n) is 3.52. The molecule has 6 heteroatoms. The van der Waals surface area contributed by atoms with Crippen LogP contribution in [0.25, 0.3) is 5.69 Å².